The zero-order valence-electron chi connectivity index (χ0n) is 13.6. The second-order valence-electron chi connectivity index (χ2n) is 5.89. The zero-order chi connectivity index (χ0) is 15.4. The van der Waals surface area contributed by atoms with Crippen molar-refractivity contribution in [2.24, 2.45) is 0 Å². The van der Waals surface area contributed by atoms with Gasteiger partial charge in [0.25, 0.3) is 0 Å². The van der Waals surface area contributed by atoms with Gasteiger partial charge in [0.1, 0.15) is 6.04 Å². The Balaban J connectivity index is 2.21. The number of hydrogen-bond donors (Lipinski definition) is 2. The van der Waals surface area contributed by atoms with Crippen molar-refractivity contribution >= 4 is 5.91 Å². The molecule has 116 valence electrons. The largest absolute Gasteiger partial charge is 0.355 e. The van der Waals surface area contributed by atoms with Gasteiger partial charge in [0.2, 0.25) is 5.91 Å². The van der Waals surface area contributed by atoms with Crippen LogP contribution in [0.25, 0.3) is 0 Å². The van der Waals surface area contributed by atoms with Crippen LogP contribution in [0.15, 0.2) is 18.2 Å². The molecule has 2 rings (SSSR count). The second kappa shape index (κ2) is 7.05. The number of carbonyl (C=O) groups excluding carboxylic acids is 1. The molecule has 1 amide bonds. The molecule has 0 aromatic heterocycles. The Hall–Kier alpha value is -1.39. The number of nitrogens with one attached hydrogen (secondary N) is 2. The van der Waals surface area contributed by atoms with E-state index in [1.807, 2.05) is 6.92 Å². The summed E-state index contributed by atoms with van der Waals surface area (Å²) in [5, 5.41) is 6.29. The van der Waals surface area contributed by atoms with Gasteiger partial charge in [0.15, 0.2) is 0 Å². The number of hydrogen-bond acceptors (Lipinski definition) is 3. The number of likely N-dealkylation sites (N-methyl/N-ethyl adjacent to an activating group) is 1. The first kappa shape index (κ1) is 16.0. The summed E-state index contributed by atoms with van der Waals surface area (Å²) in [4.78, 5) is 14.6. The van der Waals surface area contributed by atoms with Gasteiger partial charge in [-0.1, -0.05) is 23.8 Å². The molecule has 0 saturated carbocycles. The van der Waals surface area contributed by atoms with Crippen LogP contribution in [0.3, 0.4) is 0 Å². The van der Waals surface area contributed by atoms with E-state index in [4.69, 9.17) is 0 Å². The highest BCUT2D eigenvalue weighted by Crippen LogP contribution is 2.26. The van der Waals surface area contributed by atoms with E-state index in [-0.39, 0.29) is 18.0 Å². The standard InChI is InChI=1S/C17H27N3O/c1-5-19-17(21)16-11-18-8-9-20(16)14(4)15-7-6-12(2)10-13(15)3/h6-7,10,14,16,18H,5,8-9,11H2,1-4H3,(H,19,21). The first-order valence-electron chi connectivity index (χ1n) is 7.86. The molecule has 4 nitrogen and oxygen atoms in total. The van der Waals surface area contributed by atoms with Crippen molar-refractivity contribution in [3.63, 3.8) is 0 Å². The number of aryl methyl sites for hydroxylation is 2. The van der Waals surface area contributed by atoms with Crippen LogP contribution in [0.1, 0.15) is 36.6 Å². The fraction of sp³-hybridized carbons (Fsp3) is 0.588. The Labute approximate surface area is 127 Å². The number of benzene rings is 1. The minimum Gasteiger partial charge on any atom is -0.355 e. The smallest absolute Gasteiger partial charge is 0.238 e. The first-order valence-corrected chi connectivity index (χ1v) is 7.86. The quantitative estimate of drug-likeness (QED) is 0.888. The maximum absolute atomic E-state index is 12.3. The lowest BCUT2D eigenvalue weighted by atomic mass is 9.97. The molecule has 1 aliphatic heterocycles. The Morgan fingerprint density at radius 1 is 1.48 bits per heavy atom. The zero-order valence-corrected chi connectivity index (χ0v) is 13.6. The summed E-state index contributed by atoms with van der Waals surface area (Å²) in [6, 6.07) is 6.73. The van der Waals surface area contributed by atoms with Gasteiger partial charge in [0, 0.05) is 32.2 Å². The third-order valence-corrected chi connectivity index (χ3v) is 4.31. The van der Waals surface area contributed by atoms with Crippen LogP contribution in [0.4, 0.5) is 0 Å². The van der Waals surface area contributed by atoms with Crippen LogP contribution in [-0.2, 0) is 4.79 Å². The lowest BCUT2D eigenvalue weighted by molar-refractivity contribution is -0.128. The molecule has 1 fully saturated rings. The maximum Gasteiger partial charge on any atom is 0.238 e. The minimum absolute atomic E-state index is 0.0885. The molecule has 1 heterocycles. The van der Waals surface area contributed by atoms with Crippen molar-refractivity contribution in [3.05, 3.63) is 34.9 Å². The Morgan fingerprint density at radius 2 is 2.24 bits per heavy atom. The van der Waals surface area contributed by atoms with Crippen molar-refractivity contribution in [3.8, 4) is 0 Å². The Kier molecular flexibility index (Phi) is 5.37. The third-order valence-electron chi connectivity index (χ3n) is 4.31. The average Bonchev–Trinajstić information content (AvgIpc) is 2.47. The molecule has 0 aliphatic carbocycles. The SMILES string of the molecule is CCNC(=O)C1CNCCN1C(C)c1ccc(C)cc1C. The van der Waals surface area contributed by atoms with Crippen molar-refractivity contribution in [2.75, 3.05) is 26.2 Å². The first-order chi connectivity index (χ1) is 10.0. The summed E-state index contributed by atoms with van der Waals surface area (Å²) >= 11 is 0. The highest BCUT2D eigenvalue weighted by Gasteiger charge is 2.32. The average molecular weight is 289 g/mol. The summed E-state index contributed by atoms with van der Waals surface area (Å²) < 4.78 is 0. The molecular weight excluding hydrogens is 262 g/mol. The van der Waals surface area contributed by atoms with Crippen molar-refractivity contribution in [1.82, 2.24) is 15.5 Å². The molecule has 1 aromatic rings. The second-order valence-corrected chi connectivity index (χ2v) is 5.89. The van der Waals surface area contributed by atoms with Gasteiger partial charge in [-0.05, 0) is 38.8 Å². The summed E-state index contributed by atoms with van der Waals surface area (Å²) in [6.07, 6.45) is 0. The molecule has 21 heavy (non-hydrogen) atoms. The fourth-order valence-electron chi connectivity index (χ4n) is 3.19. The van der Waals surface area contributed by atoms with E-state index in [1.165, 1.54) is 16.7 Å². The third kappa shape index (κ3) is 3.63. The number of nitrogens with zero attached hydrogens (tertiary/aromatic N) is 1. The molecule has 0 radical (unpaired) electrons. The molecular formula is C17H27N3O. The Bertz CT molecular complexity index is 501. The van der Waals surface area contributed by atoms with Crippen LogP contribution in [0, 0.1) is 13.8 Å². The number of carbonyl (C=O) groups is 1. The highest BCUT2D eigenvalue weighted by molar-refractivity contribution is 5.82. The van der Waals surface area contributed by atoms with E-state index in [9.17, 15) is 4.79 Å². The van der Waals surface area contributed by atoms with Crippen molar-refractivity contribution in [1.29, 1.82) is 0 Å². The van der Waals surface area contributed by atoms with Crippen LogP contribution in [0.2, 0.25) is 0 Å². The van der Waals surface area contributed by atoms with Crippen LogP contribution in [0.5, 0.6) is 0 Å². The van der Waals surface area contributed by atoms with Gasteiger partial charge in [0.05, 0.1) is 0 Å². The molecule has 1 aliphatic rings. The van der Waals surface area contributed by atoms with Crippen LogP contribution >= 0.6 is 0 Å². The summed E-state index contributed by atoms with van der Waals surface area (Å²) in [7, 11) is 0. The topological polar surface area (TPSA) is 44.4 Å². The molecule has 2 N–H and O–H groups in total. The molecule has 2 atom stereocenters. The highest BCUT2D eigenvalue weighted by atomic mass is 16.2. The van der Waals surface area contributed by atoms with E-state index < -0.39 is 0 Å². The summed E-state index contributed by atoms with van der Waals surface area (Å²) in [5.41, 5.74) is 3.90. The predicted molar refractivity (Wildman–Crippen MR) is 86.4 cm³/mol. The Morgan fingerprint density at radius 3 is 2.90 bits per heavy atom. The lowest BCUT2D eigenvalue weighted by Gasteiger charge is -2.39. The van der Waals surface area contributed by atoms with E-state index >= 15 is 0 Å². The monoisotopic (exact) mass is 289 g/mol. The summed E-state index contributed by atoms with van der Waals surface area (Å²) in [5.74, 6) is 0.126. The van der Waals surface area contributed by atoms with Gasteiger partial charge >= 0.3 is 0 Å². The van der Waals surface area contributed by atoms with Gasteiger partial charge < -0.3 is 10.6 Å². The van der Waals surface area contributed by atoms with Crippen LogP contribution < -0.4 is 10.6 Å². The lowest BCUT2D eigenvalue weighted by Crippen LogP contribution is -2.58. The van der Waals surface area contributed by atoms with E-state index in [1.54, 1.807) is 0 Å². The number of piperazine rings is 1. The maximum atomic E-state index is 12.3. The fourth-order valence-corrected chi connectivity index (χ4v) is 3.19. The number of rotatable bonds is 4. The molecule has 2 unspecified atom stereocenters. The molecule has 1 aromatic carbocycles. The molecule has 0 spiro atoms. The van der Waals surface area contributed by atoms with Gasteiger partial charge in [-0.2, -0.15) is 0 Å². The van der Waals surface area contributed by atoms with E-state index in [0.29, 0.717) is 6.54 Å². The van der Waals surface area contributed by atoms with Gasteiger partial charge in [-0.25, -0.2) is 0 Å². The van der Waals surface area contributed by atoms with Crippen LogP contribution in [-0.4, -0.2) is 43.0 Å². The van der Waals surface area contributed by atoms with Gasteiger partial charge in [-0.3, -0.25) is 9.69 Å². The van der Waals surface area contributed by atoms with Gasteiger partial charge in [-0.15, -0.1) is 0 Å². The minimum atomic E-state index is -0.0885. The predicted octanol–water partition coefficient (Wildman–Crippen LogP) is 1.77. The van der Waals surface area contributed by atoms with E-state index in [0.717, 1.165) is 19.6 Å². The van der Waals surface area contributed by atoms with Crippen molar-refractivity contribution < 1.29 is 4.79 Å². The molecule has 1 saturated heterocycles. The normalized spacial score (nSPS) is 21.0. The number of amides is 1. The van der Waals surface area contributed by atoms with Crippen molar-refractivity contribution in [2.45, 2.75) is 39.8 Å². The van der Waals surface area contributed by atoms with E-state index in [2.05, 4.69) is 54.5 Å². The molecule has 4 heteroatoms. The summed E-state index contributed by atoms with van der Waals surface area (Å²) in [6.45, 7) is 11.7. The molecule has 0 bridgehead atoms.